The van der Waals surface area contributed by atoms with Crippen LogP contribution in [-0.4, -0.2) is 29.1 Å². The van der Waals surface area contributed by atoms with Gasteiger partial charge in [-0.3, -0.25) is 0 Å². The quantitative estimate of drug-likeness (QED) is 0.816. The van der Waals surface area contributed by atoms with Crippen molar-refractivity contribution in [2.24, 2.45) is 5.92 Å². The molecule has 0 aliphatic heterocycles. The highest BCUT2D eigenvalue weighted by atomic mass is 32.1. The summed E-state index contributed by atoms with van der Waals surface area (Å²) in [4.78, 5) is 26.5. The lowest BCUT2D eigenvalue weighted by molar-refractivity contribution is 0.0600. The SMILES string of the molecule is COC(=O)c1nc(C(=O)O)c(CC(C)C)s1. The average Bonchev–Trinajstić information content (AvgIpc) is 2.59. The molecule has 0 saturated heterocycles. The van der Waals surface area contributed by atoms with Gasteiger partial charge in [0.05, 0.1) is 7.11 Å². The van der Waals surface area contributed by atoms with Crippen LogP contribution in [0.3, 0.4) is 0 Å². The third-order valence-electron chi connectivity index (χ3n) is 1.85. The topological polar surface area (TPSA) is 76.5 Å². The minimum absolute atomic E-state index is 0.0425. The van der Waals surface area contributed by atoms with E-state index >= 15 is 0 Å². The lowest BCUT2D eigenvalue weighted by Crippen LogP contribution is -2.05. The predicted molar refractivity (Wildman–Crippen MR) is 59.0 cm³/mol. The number of carboxylic acid groups (broad SMARTS) is 1. The van der Waals surface area contributed by atoms with E-state index < -0.39 is 11.9 Å². The first kappa shape index (κ1) is 12.6. The Kier molecular flexibility index (Phi) is 4.00. The Morgan fingerprint density at radius 1 is 1.50 bits per heavy atom. The van der Waals surface area contributed by atoms with E-state index in [4.69, 9.17) is 5.11 Å². The summed E-state index contributed by atoms with van der Waals surface area (Å²) in [6.07, 6.45) is 0.594. The van der Waals surface area contributed by atoms with Crippen LogP contribution in [0, 0.1) is 5.92 Å². The number of nitrogens with zero attached hydrogens (tertiary/aromatic N) is 1. The molecule has 0 bridgehead atoms. The number of hydrogen-bond acceptors (Lipinski definition) is 5. The molecule has 0 unspecified atom stereocenters. The molecular weight excluding hydrogens is 230 g/mol. The zero-order valence-electron chi connectivity index (χ0n) is 9.31. The van der Waals surface area contributed by atoms with Gasteiger partial charge in [-0.1, -0.05) is 13.8 Å². The molecule has 5 nitrogen and oxygen atoms in total. The Labute approximate surface area is 97.1 Å². The van der Waals surface area contributed by atoms with E-state index in [-0.39, 0.29) is 10.7 Å². The van der Waals surface area contributed by atoms with Gasteiger partial charge in [-0.2, -0.15) is 0 Å². The summed E-state index contributed by atoms with van der Waals surface area (Å²) in [7, 11) is 1.24. The van der Waals surface area contributed by atoms with Crippen molar-refractivity contribution in [3.05, 3.63) is 15.6 Å². The zero-order valence-corrected chi connectivity index (χ0v) is 10.1. The maximum Gasteiger partial charge on any atom is 0.367 e. The molecule has 0 aliphatic rings. The van der Waals surface area contributed by atoms with Crippen molar-refractivity contribution in [3.63, 3.8) is 0 Å². The van der Waals surface area contributed by atoms with Gasteiger partial charge in [0.15, 0.2) is 5.69 Å². The number of rotatable bonds is 4. The molecule has 1 rings (SSSR count). The molecule has 0 atom stereocenters. The predicted octanol–water partition coefficient (Wildman–Crippen LogP) is 1.83. The van der Waals surface area contributed by atoms with Crippen LogP contribution in [0.5, 0.6) is 0 Å². The van der Waals surface area contributed by atoms with Gasteiger partial charge in [-0.15, -0.1) is 11.3 Å². The summed E-state index contributed by atoms with van der Waals surface area (Å²) in [5, 5.41) is 9.03. The number of methoxy groups -OCH3 is 1. The van der Waals surface area contributed by atoms with Crippen molar-refractivity contribution in [1.29, 1.82) is 0 Å². The molecule has 0 spiro atoms. The van der Waals surface area contributed by atoms with Crippen molar-refractivity contribution in [2.45, 2.75) is 20.3 Å². The normalized spacial score (nSPS) is 10.5. The van der Waals surface area contributed by atoms with E-state index in [2.05, 4.69) is 9.72 Å². The van der Waals surface area contributed by atoms with E-state index in [0.29, 0.717) is 17.2 Å². The van der Waals surface area contributed by atoms with Gasteiger partial charge in [0, 0.05) is 4.88 Å². The Balaban J connectivity index is 3.09. The summed E-state index contributed by atoms with van der Waals surface area (Å²) in [6.45, 7) is 3.95. The molecule has 1 aromatic heterocycles. The summed E-state index contributed by atoms with van der Waals surface area (Å²) in [5.41, 5.74) is -0.0425. The van der Waals surface area contributed by atoms with Gasteiger partial charge in [-0.25, -0.2) is 14.6 Å². The van der Waals surface area contributed by atoms with E-state index in [1.165, 1.54) is 7.11 Å². The van der Waals surface area contributed by atoms with E-state index in [9.17, 15) is 9.59 Å². The molecule has 0 amide bonds. The molecule has 6 heteroatoms. The summed E-state index contributed by atoms with van der Waals surface area (Å²) in [5.74, 6) is -1.39. The molecule has 0 radical (unpaired) electrons. The highest BCUT2D eigenvalue weighted by molar-refractivity contribution is 7.13. The first-order chi connectivity index (χ1) is 7.45. The van der Waals surface area contributed by atoms with Crippen LogP contribution in [0.4, 0.5) is 0 Å². The Bertz CT molecular complexity index is 411. The van der Waals surface area contributed by atoms with Crippen LogP contribution in [-0.2, 0) is 11.2 Å². The number of carbonyl (C=O) groups is 2. The smallest absolute Gasteiger partial charge is 0.367 e. The molecule has 88 valence electrons. The van der Waals surface area contributed by atoms with Crippen LogP contribution in [0.1, 0.15) is 39.0 Å². The van der Waals surface area contributed by atoms with Gasteiger partial charge in [0.2, 0.25) is 5.01 Å². The van der Waals surface area contributed by atoms with Crippen LogP contribution in [0.15, 0.2) is 0 Å². The third kappa shape index (κ3) is 2.79. The van der Waals surface area contributed by atoms with Crippen molar-refractivity contribution in [2.75, 3.05) is 7.11 Å². The summed E-state index contributed by atoms with van der Waals surface area (Å²) >= 11 is 1.08. The van der Waals surface area contributed by atoms with Crippen molar-refractivity contribution in [1.82, 2.24) is 4.98 Å². The Morgan fingerprint density at radius 3 is 2.56 bits per heavy atom. The number of ether oxygens (including phenoxy) is 1. The molecule has 0 saturated carbocycles. The molecule has 1 heterocycles. The molecule has 1 N–H and O–H groups in total. The third-order valence-corrected chi connectivity index (χ3v) is 2.91. The largest absolute Gasteiger partial charge is 0.476 e. The molecule has 0 aliphatic carbocycles. The van der Waals surface area contributed by atoms with E-state index in [0.717, 1.165) is 11.3 Å². The van der Waals surface area contributed by atoms with Crippen LogP contribution < -0.4 is 0 Å². The van der Waals surface area contributed by atoms with Gasteiger partial charge in [0.25, 0.3) is 0 Å². The van der Waals surface area contributed by atoms with Crippen LogP contribution in [0.2, 0.25) is 0 Å². The number of carbonyl (C=O) groups excluding carboxylic acids is 1. The highest BCUT2D eigenvalue weighted by Gasteiger charge is 2.21. The average molecular weight is 243 g/mol. The molecule has 0 aromatic carbocycles. The lowest BCUT2D eigenvalue weighted by Gasteiger charge is -2.01. The molecular formula is C10H13NO4S. The monoisotopic (exact) mass is 243 g/mol. The molecule has 0 fully saturated rings. The fraction of sp³-hybridized carbons (Fsp3) is 0.500. The summed E-state index contributed by atoms with van der Waals surface area (Å²) in [6, 6.07) is 0. The van der Waals surface area contributed by atoms with Gasteiger partial charge >= 0.3 is 11.9 Å². The molecule has 16 heavy (non-hydrogen) atoms. The first-order valence-corrected chi connectivity index (χ1v) is 5.58. The van der Waals surface area contributed by atoms with Crippen molar-refractivity contribution >= 4 is 23.3 Å². The highest BCUT2D eigenvalue weighted by Crippen LogP contribution is 2.22. The second-order valence-electron chi connectivity index (χ2n) is 3.69. The number of carboxylic acids is 1. The first-order valence-electron chi connectivity index (χ1n) is 4.77. The number of aromatic nitrogens is 1. The van der Waals surface area contributed by atoms with Crippen LogP contribution in [0.25, 0.3) is 0 Å². The Morgan fingerprint density at radius 2 is 2.12 bits per heavy atom. The van der Waals surface area contributed by atoms with Crippen molar-refractivity contribution in [3.8, 4) is 0 Å². The summed E-state index contributed by atoms with van der Waals surface area (Å²) < 4.78 is 4.51. The van der Waals surface area contributed by atoms with Gasteiger partial charge in [-0.05, 0) is 12.3 Å². The van der Waals surface area contributed by atoms with Crippen LogP contribution >= 0.6 is 11.3 Å². The minimum atomic E-state index is -1.11. The van der Waals surface area contributed by atoms with E-state index in [1.807, 2.05) is 13.8 Å². The minimum Gasteiger partial charge on any atom is -0.476 e. The van der Waals surface area contributed by atoms with Gasteiger partial charge < -0.3 is 9.84 Å². The fourth-order valence-corrected chi connectivity index (χ4v) is 2.39. The van der Waals surface area contributed by atoms with E-state index in [1.54, 1.807) is 0 Å². The standard InChI is InChI=1S/C10H13NO4S/c1-5(2)4-6-7(9(12)13)11-8(16-6)10(14)15-3/h5H,4H2,1-3H3,(H,12,13). The fourth-order valence-electron chi connectivity index (χ4n) is 1.20. The lowest BCUT2D eigenvalue weighted by atomic mass is 10.1. The number of esters is 1. The maximum atomic E-state index is 11.2. The zero-order chi connectivity index (χ0) is 12.3. The second kappa shape index (κ2) is 5.07. The Hall–Kier alpha value is -1.43. The second-order valence-corrected chi connectivity index (χ2v) is 4.77. The van der Waals surface area contributed by atoms with Gasteiger partial charge in [0.1, 0.15) is 0 Å². The maximum absolute atomic E-state index is 11.2. The number of aromatic carboxylic acids is 1. The molecule has 1 aromatic rings. The van der Waals surface area contributed by atoms with Crippen molar-refractivity contribution < 1.29 is 19.4 Å². The number of hydrogen-bond donors (Lipinski definition) is 1. The number of thiazole rings is 1.